The molecule has 0 bridgehead atoms. The van der Waals surface area contributed by atoms with Crippen molar-refractivity contribution in [2.75, 3.05) is 20.3 Å². The molecule has 1 aromatic rings. The van der Waals surface area contributed by atoms with E-state index in [1.165, 1.54) is 7.11 Å². The average Bonchev–Trinajstić information content (AvgIpc) is 2.66. The van der Waals surface area contributed by atoms with Gasteiger partial charge in [-0.2, -0.15) is 0 Å². The van der Waals surface area contributed by atoms with Crippen LogP contribution in [0.2, 0.25) is 0 Å². The highest BCUT2D eigenvalue weighted by atomic mass is 16.6. The molecule has 0 unspecified atom stereocenters. The SMILES string of the molecule is COCCNC(=O)c1cc([N+](=O)[O-])[nH]n1. The van der Waals surface area contributed by atoms with Gasteiger partial charge in [0.2, 0.25) is 0 Å². The maximum Gasteiger partial charge on any atom is 0.343 e. The van der Waals surface area contributed by atoms with Crippen molar-refractivity contribution < 1.29 is 14.5 Å². The summed E-state index contributed by atoms with van der Waals surface area (Å²) in [5.74, 6) is -0.789. The van der Waals surface area contributed by atoms with E-state index in [-0.39, 0.29) is 11.5 Å². The highest BCUT2D eigenvalue weighted by molar-refractivity contribution is 5.92. The molecule has 0 saturated heterocycles. The summed E-state index contributed by atoms with van der Waals surface area (Å²) < 4.78 is 4.72. The summed E-state index contributed by atoms with van der Waals surface area (Å²) >= 11 is 0. The minimum absolute atomic E-state index is 0.0159. The van der Waals surface area contributed by atoms with E-state index in [1.54, 1.807) is 0 Å². The molecule has 1 heterocycles. The summed E-state index contributed by atoms with van der Waals surface area (Å²) in [6.07, 6.45) is 0. The topological polar surface area (TPSA) is 110 Å². The summed E-state index contributed by atoms with van der Waals surface area (Å²) in [5.41, 5.74) is -0.0159. The van der Waals surface area contributed by atoms with Crippen LogP contribution in [-0.2, 0) is 4.74 Å². The Hall–Kier alpha value is -1.96. The van der Waals surface area contributed by atoms with E-state index < -0.39 is 10.8 Å². The number of aromatic nitrogens is 2. The third-order valence-corrected chi connectivity index (χ3v) is 1.59. The van der Waals surface area contributed by atoms with Crippen LogP contribution in [0.5, 0.6) is 0 Å². The van der Waals surface area contributed by atoms with Crippen LogP contribution in [0.1, 0.15) is 10.5 Å². The molecule has 0 aliphatic heterocycles. The number of nitrogens with zero attached hydrogens (tertiary/aromatic N) is 2. The fourth-order valence-electron chi connectivity index (χ4n) is 0.879. The van der Waals surface area contributed by atoms with Gasteiger partial charge >= 0.3 is 5.82 Å². The van der Waals surface area contributed by atoms with Crippen LogP contribution in [0.25, 0.3) is 0 Å². The van der Waals surface area contributed by atoms with Gasteiger partial charge in [0, 0.05) is 13.7 Å². The number of methoxy groups -OCH3 is 1. The van der Waals surface area contributed by atoms with Gasteiger partial charge < -0.3 is 20.2 Å². The predicted octanol–water partition coefficient (Wildman–Crippen LogP) is -0.306. The van der Waals surface area contributed by atoms with Crippen molar-refractivity contribution in [3.8, 4) is 0 Å². The summed E-state index contributed by atoms with van der Waals surface area (Å²) in [6, 6.07) is 1.07. The Morgan fingerprint density at radius 2 is 2.53 bits per heavy atom. The molecule has 0 aromatic carbocycles. The van der Waals surface area contributed by atoms with Crippen molar-refractivity contribution in [1.29, 1.82) is 0 Å². The van der Waals surface area contributed by atoms with Crippen molar-refractivity contribution >= 4 is 11.7 Å². The van der Waals surface area contributed by atoms with Gasteiger partial charge in [0.15, 0.2) is 5.69 Å². The first-order chi connectivity index (χ1) is 7.15. The Morgan fingerprint density at radius 3 is 3.07 bits per heavy atom. The van der Waals surface area contributed by atoms with Crippen molar-refractivity contribution in [1.82, 2.24) is 15.5 Å². The molecule has 0 saturated carbocycles. The van der Waals surface area contributed by atoms with E-state index in [1.807, 2.05) is 0 Å². The number of hydrogen-bond donors (Lipinski definition) is 2. The van der Waals surface area contributed by atoms with Crippen LogP contribution >= 0.6 is 0 Å². The maximum atomic E-state index is 11.3. The highest BCUT2D eigenvalue weighted by Gasteiger charge is 2.15. The van der Waals surface area contributed by atoms with Crippen LogP contribution in [0.15, 0.2) is 6.07 Å². The number of nitro groups is 1. The normalized spacial score (nSPS) is 9.93. The molecule has 0 fully saturated rings. The van der Waals surface area contributed by atoms with Crippen molar-refractivity contribution in [2.24, 2.45) is 0 Å². The molecule has 0 aliphatic rings. The largest absolute Gasteiger partial charge is 0.383 e. The average molecular weight is 214 g/mol. The fourth-order valence-corrected chi connectivity index (χ4v) is 0.879. The Labute approximate surface area is 84.8 Å². The molecule has 1 rings (SSSR count). The second-order valence-corrected chi connectivity index (χ2v) is 2.64. The van der Waals surface area contributed by atoms with Gasteiger partial charge in [-0.1, -0.05) is 5.10 Å². The molecule has 82 valence electrons. The van der Waals surface area contributed by atoms with Gasteiger partial charge in [-0.25, -0.2) is 0 Å². The Morgan fingerprint density at radius 1 is 1.80 bits per heavy atom. The Kier molecular flexibility index (Phi) is 3.75. The highest BCUT2D eigenvalue weighted by Crippen LogP contribution is 2.07. The molecule has 8 nitrogen and oxygen atoms in total. The minimum Gasteiger partial charge on any atom is -0.383 e. The number of amides is 1. The molecule has 2 N–H and O–H groups in total. The zero-order chi connectivity index (χ0) is 11.3. The predicted molar refractivity (Wildman–Crippen MR) is 49.5 cm³/mol. The van der Waals surface area contributed by atoms with Gasteiger partial charge in [0.25, 0.3) is 5.91 Å². The standard InChI is InChI=1S/C7H10N4O4/c1-15-3-2-8-7(12)5-4-6(10-9-5)11(13)14/h4H,2-3H2,1H3,(H,8,12)(H,9,10). The van der Waals surface area contributed by atoms with E-state index in [4.69, 9.17) is 4.74 Å². The maximum absolute atomic E-state index is 11.3. The van der Waals surface area contributed by atoms with E-state index >= 15 is 0 Å². The van der Waals surface area contributed by atoms with Crippen LogP contribution < -0.4 is 5.32 Å². The van der Waals surface area contributed by atoms with Crippen molar-refractivity contribution in [2.45, 2.75) is 0 Å². The Balaban J connectivity index is 2.54. The smallest absolute Gasteiger partial charge is 0.343 e. The molecule has 0 aliphatic carbocycles. The molecule has 1 amide bonds. The second kappa shape index (κ2) is 5.05. The van der Waals surface area contributed by atoms with Gasteiger partial charge in [0.1, 0.15) is 0 Å². The monoisotopic (exact) mass is 214 g/mol. The summed E-state index contributed by atoms with van der Waals surface area (Å²) in [6.45, 7) is 0.703. The molecule has 0 spiro atoms. The lowest BCUT2D eigenvalue weighted by Gasteiger charge is -1.99. The number of nitrogens with one attached hydrogen (secondary N) is 2. The molecular weight excluding hydrogens is 204 g/mol. The molecule has 8 heteroatoms. The first-order valence-corrected chi connectivity index (χ1v) is 4.12. The zero-order valence-electron chi connectivity index (χ0n) is 8.02. The van der Waals surface area contributed by atoms with Crippen LogP contribution in [0, 0.1) is 10.1 Å². The minimum atomic E-state index is -0.654. The molecule has 0 atom stereocenters. The van der Waals surface area contributed by atoms with Gasteiger partial charge in [-0.15, -0.1) is 5.10 Å². The quantitative estimate of drug-likeness (QED) is 0.397. The number of rotatable bonds is 5. The second-order valence-electron chi connectivity index (χ2n) is 2.64. The van der Waals surface area contributed by atoms with Crippen molar-refractivity contribution in [3.63, 3.8) is 0 Å². The van der Waals surface area contributed by atoms with E-state index in [2.05, 4.69) is 15.5 Å². The van der Waals surface area contributed by atoms with Gasteiger partial charge in [-0.05, 0) is 4.92 Å². The summed E-state index contributed by atoms with van der Waals surface area (Å²) in [5, 5.41) is 18.4. The Bertz CT molecular complexity index is 362. The fraction of sp³-hybridized carbons (Fsp3) is 0.429. The van der Waals surface area contributed by atoms with Crippen LogP contribution in [-0.4, -0.2) is 41.3 Å². The summed E-state index contributed by atoms with van der Waals surface area (Å²) in [7, 11) is 1.51. The molecule has 0 radical (unpaired) electrons. The number of H-pyrrole nitrogens is 1. The third kappa shape index (κ3) is 3.02. The number of ether oxygens (including phenoxy) is 1. The van der Waals surface area contributed by atoms with Gasteiger partial charge in [-0.3, -0.25) is 4.79 Å². The van der Waals surface area contributed by atoms with Crippen LogP contribution in [0.3, 0.4) is 0 Å². The van der Waals surface area contributed by atoms with E-state index in [0.29, 0.717) is 13.2 Å². The summed E-state index contributed by atoms with van der Waals surface area (Å²) in [4.78, 5) is 20.9. The van der Waals surface area contributed by atoms with E-state index in [9.17, 15) is 14.9 Å². The number of aromatic amines is 1. The van der Waals surface area contributed by atoms with Crippen molar-refractivity contribution in [3.05, 3.63) is 21.9 Å². The number of carbonyl (C=O) groups excluding carboxylic acids is 1. The molecule has 1 aromatic heterocycles. The first-order valence-electron chi connectivity index (χ1n) is 4.12. The first kappa shape index (κ1) is 11.1. The van der Waals surface area contributed by atoms with Gasteiger partial charge in [0.05, 0.1) is 12.7 Å². The van der Waals surface area contributed by atoms with Crippen LogP contribution in [0.4, 0.5) is 5.82 Å². The lowest BCUT2D eigenvalue weighted by molar-refractivity contribution is -0.389. The van der Waals surface area contributed by atoms with E-state index in [0.717, 1.165) is 6.07 Å². The lowest BCUT2D eigenvalue weighted by atomic mass is 10.4. The third-order valence-electron chi connectivity index (χ3n) is 1.59. The molecule has 15 heavy (non-hydrogen) atoms. The molecular formula is C7H10N4O4. The number of hydrogen-bond acceptors (Lipinski definition) is 5. The number of carbonyl (C=O) groups is 1. The lowest BCUT2D eigenvalue weighted by Crippen LogP contribution is -2.27. The zero-order valence-corrected chi connectivity index (χ0v) is 8.02.